The van der Waals surface area contributed by atoms with Crippen LogP contribution in [0.1, 0.15) is 0 Å². The minimum Gasteiger partial charge on any atom is -0.733 e. The number of ether oxygens (including phenoxy) is 2. The first kappa shape index (κ1) is 15.9. The number of aliphatic hydroxyl groups excluding tert-OH is 4. The maximum atomic E-state index is 11.0. The van der Waals surface area contributed by atoms with E-state index >= 15 is 0 Å². The minimum absolute atomic E-state index is 0.0978. The molecule has 9 nitrogen and oxygen atoms in total. The highest BCUT2D eigenvalue weighted by Crippen LogP contribution is 2.30. The molecule has 21 heavy (non-hydrogen) atoms. The molecule has 1 fully saturated rings. The third-order valence-corrected chi connectivity index (χ3v) is 3.16. The summed E-state index contributed by atoms with van der Waals surface area (Å²) < 4.78 is 10.4. The number of hydrogen-bond donors (Lipinski definition) is 5. The van der Waals surface area contributed by atoms with Gasteiger partial charge in [0.25, 0.3) is 0 Å². The first-order chi connectivity index (χ1) is 9.95. The molecule has 1 aliphatic heterocycles. The van der Waals surface area contributed by atoms with Crippen molar-refractivity contribution in [3.63, 3.8) is 0 Å². The number of aliphatic hydroxyl groups is 4. The lowest BCUT2D eigenvalue weighted by Gasteiger charge is -2.40. The zero-order valence-electron chi connectivity index (χ0n) is 10.8. The van der Waals surface area contributed by atoms with Crippen LogP contribution in [0.15, 0.2) is 24.3 Å². The largest absolute Gasteiger partial charge is 0.733 e. The molecule has 2 rings (SSSR count). The number of anilines is 1. The van der Waals surface area contributed by atoms with Gasteiger partial charge in [0, 0.05) is 0 Å². The van der Waals surface area contributed by atoms with E-state index in [0.717, 1.165) is 0 Å². The molecule has 118 valence electrons. The molecule has 0 aliphatic carbocycles. The van der Waals surface area contributed by atoms with Crippen LogP contribution in [0.4, 0.5) is 5.69 Å². The van der Waals surface area contributed by atoms with Gasteiger partial charge in [-0.3, -0.25) is 5.21 Å². The number of benzene rings is 1. The molecular formula is C12H16NO8-. The molecular weight excluding hydrogens is 286 g/mol. The predicted octanol–water partition coefficient (Wildman–Crippen LogP) is -1.44. The third kappa shape index (κ3) is 3.24. The number of rotatable bonds is 4. The van der Waals surface area contributed by atoms with E-state index in [1.807, 2.05) is 0 Å². The van der Waals surface area contributed by atoms with E-state index in [1.54, 1.807) is 0 Å². The summed E-state index contributed by atoms with van der Waals surface area (Å²) in [7, 11) is 0. The Morgan fingerprint density at radius 3 is 2.43 bits per heavy atom. The van der Waals surface area contributed by atoms with Crippen LogP contribution in [0, 0.1) is 5.21 Å². The van der Waals surface area contributed by atoms with E-state index in [2.05, 4.69) is 0 Å². The first-order valence-corrected chi connectivity index (χ1v) is 6.18. The summed E-state index contributed by atoms with van der Waals surface area (Å²) in [5.74, 6) is -0.0978. The zero-order valence-corrected chi connectivity index (χ0v) is 10.8. The quantitative estimate of drug-likeness (QED) is 0.422. The summed E-state index contributed by atoms with van der Waals surface area (Å²) in [6.45, 7) is -0.597. The van der Waals surface area contributed by atoms with Gasteiger partial charge < -0.3 is 40.3 Å². The van der Waals surface area contributed by atoms with Crippen LogP contribution in [0.25, 0.3) is 0 Å². The van der Waals surface area contributed by atoms with Crippen molar-refractivity contribution in [3.8, 4) is 5.75 Å². The van der Waals surface area contributed by atoms with Crippen LogP contribution in [0.5, 0.6) is 5.75 Å². The fraction of sp³-hybridized carbons (Fsp3) is 0.500. The molecule has 1 aromatic carbocycles. The second-order valence-electron chi connectivity index (χ2n) is 4.56. The average molecular weight is 302 g/mol. The Hall–Kier alpha value is -1.46. The molecule has 1 heterocycles. The smallest absolute Gasteiger partial charge is 0.229 e. The molecule has 0 amide bonds. The Labute approximate surface area is 119 Å². The van der Waals surface area contributed by atoms with E-state index in [-0.39, 0.29) is 11.4 Å². The van der Waals surface area contributed by atoms with E-state index < -0.39 is 42.5 Å². The maximum absolute atomic E-state index is 11.0. The van der Waals surface area contributed by atoms with Crippen molar-refractivity contribution < 1.29 is 35.1 Å². The molecule has 0 saturated carbocycles. The molecule has 0 unspecified atom stereocenters. The number of para-hydroxylation sites is 2. The fourth-order valence-corrected chi connectivity index (χ4v) is 2.00. The maximum Gasteiger partial charge on any atom is 0.229 e. The highest BCUT2D eigenvalue weighted by atomic mass is 16.8. The van der Waals surface area contributed by atoms with Gasteiger partial charge in [0.05, 0.1) is 12.3 Å². The highest BCUT2D eigenvalue weighted by Gasteiger charge is 2.44. The lowest BCUT2D eigenvalue weighted by atomic mass is 9.99. The minimum atomic E-state index is -1.60. The van der Waals surface area contributed by atoms with Crippen molar-refractivity contribution in [2.45, 2.75) is 30.7 Å². The van der Waals surface area contributed by atoms with Crippen LogP contribution in [-0.2, 0) is 4.74 Å². The van der Waals surface area contributed by atoms with E-state index in [0.29, 0.717) is 0 Å². The number of nitrogens with zero attached hydrogens (tertiary/aromatic N) is 1. The van der Waals surface area contributed by atoms with Crippen LogP contribution in [0.2, 0.25) is 0 Å². The van der Waals surface area contributed by atoms with Crippen LogP contribution >= 0.6 is 0 Å². The van der Waals surface area contributed by atoms with Crippen LogP contribution in [0.3, 0.4) is 0 Å². The van der Waals surface area contributed by atoms with Gasteiger partial charge in [-0.05, 0) is 12.1 Å². The topological polar surface area (TPSA) is 146 Å². The highest BCUT2D eigenvalue weighted by molar-refractivity contribution is 5.56. The molecule has 9 heteroatoms. The molecule has 1 aliphatic rings. The second-order valence-corrected chi connectivity index (χ2v) is 4.56. The molecule has 0 bridgehead atoms. The molecule has 1 saturated heterocycles. The summed E-state index contributed by atoms with van der Waals surface area (Å²) in [5, 5.41) is 57.7. The van der Waals surface area contributed by atoms with Gasteiger partial charge in [0.2, 0.25) is 6.29 Å². The van der Waals surface area contributed by atoms with Crippen molar-refractivity contribution in [2.24, 2.45) is 0 Å². The molecule has 0 aromatic heterocycles. The third-order valence-electron chi connectivity index (χ3n) is 3.16. The molecule has 0 spiro atoms. The van der Waals surface area contributed by atoms with Crippen molar-refractivity contribution in [3.05, 3.63) is 29.5 Å². The van der Waals surface area contributed by atoms with E-state index in [9.17, 15) is 20.5 Å². The lowest BCUT2D eigenvalue weighted by Crippen LogP contribution is -2.60. The zero-order chi connectivity index (χ0) is 15.6. The SMILES string of the molecule is [O-]N(O)c1ccccc1O[C@H]1O[C@H](CO)[C@H](O)[C@@H](O)[C@@H]1O. The van der Waals surface area contributed by atoms with Crippen molar-refractivity contribution in [1.82, 2.24) is 0 Å². The van der Waals surface area contributed by atoms with Gasteiger partial charge in [-0.1, -0.05) is 12.1 Å². The van der Waals surface area contributed by atoms with Gasteiger partial charge in [-0.2, -0.15) is 0 Å². The average Bonchev–Trinajstić information content (AvgIpc) is 2.48. The normalized spacial score (nSPS) is 32.8. The van der Waals surface area contributed by atoms with Gasteiger partial charge in [-0.25, -0.2) is 0 Å². The monoisotopic (exact) mass is 302 g/mol. The van der Waals surface area contributed by atoms with Crippen molar-refractivity contribution in [2.75, 3.05) is 11.8 Å². The summed E-state index contributed by atoms with van der Waals surface area (Å²) in [5.41, 5.74) is -0.227. The standard InChI is InChI=1S/C12H16NO8/c14-5-8-9(15)10(16)11(17)12(21-8)20-7-4-2-1-3-6(7)13(18)19/h1-4,8-12,14-18H,5H2/q-1/t8-,9+,10-,11+,12+/m1/s1. The van der Waals surface area contributed by atoms with Gasteiger partial charge in [0.15, 0.2) is 0 Å². The molecule has 1 aromatic rings. The van der Waals surface area contributed by atoms with Crippen molar-refractivity contribution in [1.29, 1.82) is 0 Å². The van der Waals surface area contributed by atoms with Crippen molar-refractivity contribution >= 4 is 5.69 Å². The molecule has 5 atom stereocenters. The second kappa shape index (κ2) is 6.54. The number of hydrogen-bond acceptors (Lipinski definition) is 9. The summed E-state index contributed by atoms with van der Waals surface area (Å²) >= 11 is 0. The van der Waals surface area contributed by atoms with Gasteiger partial charge >= 0.3 is 0 Å². The Bertz CT molecular complexity index is 468. The van der Waals surface area contributed by atoms with Crippen LogP contribution < -0.4 is 9.96 Å². The van der Waals surface area contributed by atoms with Gasteiger partial charge in [0.1, 0.15) is 30.2 Å². The summed E-state index contributed by atoms with van der Waals surface area (Å²) in [6.07, 6.45) is -7.26. The predicted molar refractivity (Wildman–Crippen MR) is 68.5 cm³/mol. The van der Waals surface area contributed by atoms with Gasteiger partial charge in [-0.15, -0.1) is 0 Å². The summed E-state index contributed by atoms with van der Waals surface area (Å²) in [6, 6.07) is 5.62. The van der Waals surface area contributed by atoms with E-state index in [4.69, 9.17) is 19.8 Å². The molecule has 0 radical (unpaired) electrons. The Morgan fingerprint density at radius 2 is 1.81 bits per heavy atom. The Balaban J connectivity index is 2.19. The lowest BCUT2D eigenvalue weighted by molar-refractivity contribution is -0.277. The summed E-state index contributed by atoms with van der Waals surface area (Å²) in [4.78, 5) is 0. The Kier molecular flexibility index (Phi) is 4.96. The van der Waals surface area contributed by atoms with Crippen LogP contribution in [-0.4, -0.2) is 62.9 Å². The fourth-order valence-electron chi connectivity index (χ4n) is 2.00. The molecule has 5 N–H and O–H groups in total. The van der Waals surface area contributed by atoms with E-state index in [1.165, 1.54) is 24.3 Å². The Morgan fingerprint density at radius 1 is 1.14 bits per heavy atom. The first-order valence-electron chi connectivity index (χ1n) is 6.18.